The molecule has 1 rings (SSSR count). The fourth-order valence-electron chi connectivity index (χ4n) is 0.407. The first kappa shape index (κ1) is 4.65. The summed E-state index contributed by atoms with van der Waals surface area (Å²) in [7, 11) is 1.92. The van der Waals surface area contributed by atoms with E-state index >= 15 is 0 Å². The Balaban J connectivity index is 2.76. The van der Waals surface area contributed by atoms with Gasteiger partial charge in [-0.3, -0.25) is 0 Å². The molecule has 7 heavy (non-hydrogen) atoms. The van der Waals surface area contributed by atoms with Gasteiger partial charge in [-0.05, 0) is 11.4 Å². The van der Waals surface area contributed by atoms with Crippen LogP contribution in [0.2, 0.25) is 0 Å². The number of nitrogens with one attached hydrogen (secondary N) is 1. The summed E-state index contributed by atoms with van der Waals surface area (Å²) in [5.74, 6) is 0. The van der Waals surface area contributed by atoms with E-state index in [1.165, 1.54) is 5.69 Å². The van der Waals surface area contributed by atoms with Gasteiger partial charge in [0.25, 0.3) is 0 Å². The van der Waals surface area contributed by atoms with Gasteiger partial charge in [-0.25, -0.2) is 0 Å². The van der Waals surface area contributed by atoms with Crippen LogP contribution in [0.5, 0.6) is 0 Å². The first-order valence-electron chi connectivity index (χ1n) is 2.13. The largest absolute Gasteiger partial charge is 0.387 e. The highest BCUT2D eigenvalue weighted by Gasteiger charge is 1.80. The molecule has 2 heteroatoms. The van der Waals surface area contributed by atoms with E-state index in [0.29, 0.717) is 0 Å². The van der Waals surface area contributed by atoms with E-state index in [-0.39, 0.29) is 0 Å². The lowest BCUT2D eigenvalue weighted by Crippen LogP contribution is -1.81. The van der Waals surface area contributed by atoms with Crippen LogP contribution in [0.3, 0.4) is 0 Å². The zero-order valence-corrected chi connectivity index (χ0v) is 4.96. The molecule has 0 fully saturated rings. The molecule has 1 aromatic heterocycles. The van der Waals surface area contributed by atoms with Crippen molar-refractivity contribution < 1.29 is 0 Å². The normalized spacial score (nSPS) is 8.71. The summed E-state index contributed by atoms with van der Waals surface area (Å²) in [5.41, 5.74) is 1.20. The highest BCUT2D eigenvalue weighted by atomic mass is 32.1. The van der Waals surface area contributed by atoms with Gasteiger partial charge in [-0.15, -0.1) is 0 Å². The summed E-state index contributed by atoms with van der Waals surface area (Å²) in [6.45, 7) is 0. The predicted octanol–water partition coefficient (Wildman–Crippen LogP) is 1.79. The third-order valence-electron chi connectivity index (χ3n) is 0.810. The molecular formula is C5H7NS. The molecule has 38 valence electrons. The fourth-order valence-corrected chi connectivity index (χ4v) is 1.05. The van der Waals surface area contributed by atoms with Crippen LogP contribution in [-0.2, 0) is 0 Å². The Morgan fingerprint density at radius 3 is 2.86 bits per heavy atom. The van der Waals surface area contributed by atoms with E-state index in [0.717, 1.165) is 0 Å². The maximum absolute atomic E-state index is 3.02. The molecule has 1 nitrogen and oxygen atoms in total. The SMILES string of the molecule is CNc1ccsc1. The minimum Gasteiger partial charge on any atom is -0.387 e. The molecule has 1 heterocycles. The van der Waals surface area contributed by atoms with Gasteiger partial charge in [-0.1, -0.05) is 0 Å². The van der Waals surface area contributed by atoms with Crippen LogP contribution in [0.1, 0.15) is 0 Å². The zero-order chi connectivity index (χ0) is 5.11. The van der Waals surface area contributed by atoms with Gasteiger partial charge in [0.15, 0.2) is 0 Å². The van der Waals surface area contributed by atoms with Crippen molar-refractivity contribution >= 4 is 17.0 Å². The van der Waals surface area contributed by atoms with E-state index < -0.39 is 0 Å². The van der Waals surface area contributed by atoms with Crippen molar-refractivity contribution in [1.82, 2.24) is 0 Å². The molecule has 0 spiro atoms. The smallest absolute Gasteiger partial charge is 0.0446 e. The summed E-state index contributed by atoms with van der Waals surface area (Å²) in [6, 6.07) is 2.05. The molecule has 0 aliphatic carbocycles. The Kier molecular flexibility index (Phi) is 1.32. The third-order valence-corrected chi connectivity index (χ3v) is 1.49. The lowest BCUT2D eigenvalue weighted by molar-refractivity contribution is 1.56. The van der Waals surface area contributed by atoms with Crippen molar-refractivity contribution in [3.8, 4) is 0 Å². The van der Waals surface area contributed by atoms with Crippen molar-refractivity contribution in [3.05, 3.63) is 16.8 Å². The number of hydrogen-bond donors (Lipinski definition) is 1. The second-order valence-corrected chi connectivity index (χ2v) is 2.04. The molecule has 0 saturated heterocycles. The predicted molar refractivity (Wildman–Crippen MR) is 33.9 cm³/mol. The van der Waals surface area contributed by atoms with Crippen molar-refractivity contribution in [1.29, 1.82) is 0 Å². The van der Waals surface area contributed by atoms with Crippen LogP contribution < -0.4 is 5.32 Å². The van der Waals surface area contributed by atoms with E-state index in [1.54, 1.807) is 11.3 Å². The average molecular weight is 113 g/mol. The Hall–Kier alpha value is -0.500. The molecule has 0 unspecified atom stereocenters. The zero-order valence-electron chi connectivity index (χ0n) is 4.14. The van der Waals surface area contributed by atoms with Crippen molar-refractivity contribution in [2.24, 2.45) is 0 Å². The maximum atomic E-state index is 3.02. The molecule has 0 aromatic carbocycles. The minimum atomic E-state index is 1.20. The van der Waals surface area contributed by atoms with Crippen LogP contribution in [0, 0.1) is 0 Å². The lowest BCUT2D eigenvalue weighted by atomic mass is 10.5. The van der Waals surface area contributed by atoms with Crippen molar-refractivity contribution in [2.45, 2.75) is 0 Å². The molecule has 0 aliphatic heterocycles. The van der Waals surface area contributed by atoms with Gasteiger partial charge < -0.3 is 5.32 Å². The van der Waals surface area contributed by atoms with E-state index in [9.17, 15) is 0 Å². The number of rotatable bonds is 1. The standard InChI is InChI=1S/C5H7NS/c1-6-5-2-3-7-4-5/h2-4,6H,1H3. The van der Waals surface area contributed by atoms with Gasteiger partial charge in [0.1, 0.15) is 0 Å². The fraction of sp³-hybridized carbons (Fsp3) is 0.200. The molecular weight excluding hydrogens is 106 g/mol. The first-order chi connectivity index (χ1) is 3.43. The Labute approximate surface area is 47.0 Å². The summed E-state index contributed by atoms with van der Waals surface area (Å²) >= 11 is 1.70. The van der Waals surface area contributed by atoms with Crippen molar-refractivity contribution in [2.75, 3.05) is 12.4 Å². The van der Waals surface area contributed by atoms with Crippen LogP contribution in [0.25, 0.3) is 0 Å². The van der Waals surface area contributed by atoms with Crippen LogP contribution in [0.15, 0.2) is 16.8 Å². The Bertz CT molecular complexity index is 123. The second kappa shape index (κ2) is 1.98. The van der Waals surface area contributed by atoms with Gasteiger partial charge in [0.2, 0.25) is 0 Å². The summed E-state index contributed by atoms with van der Waals surface area (Å²) < 4.78 is 0. The maximum Gasteiger partial charge on any atom is 0.0446 e. The average Bonchev–Trinajstić information content (AvgIpc) is 2.14. The highest BCUT2D eigenvalue weighted by molar-refractivity contribution is 7.08. The quantitative estimate of drug-likeness (QED) is 0.585. The number of thiophene rings is 1. The van der Waals surface area contributed by atoms with Crippen molar-refractivity contribution in [3.63, 3.8) is 0 Å². The third kappa shape index (κ3) is 0.933. The van der Waals surface area contributed by atoms with Crippen LogP contribution in [-0.4, -0.2) is 7.05 Å². The molecule has 0 amide bonds. The number of hydrogen-bond acceptors (Lipinski definition) is 2. The topological polar surface area (TPSA) is 12.0 Å². The molecule has 0 saturated carbocycles. The van der Waals surface area contributed by atoms with Gasteiger partial charge in [-0.2, -0.15) is 11.3 Å². The first-order valence-corrected chi connectivity index (χ1v) is 3.07. The van der Waals surface area contributed by atoms with Gasteiger partial charge in [0.05, 0.1) is 0 Å². The summed E-state index contributed by atoms with van der Waals surface area (Å²) in [5, 5.41) is 7.13. The summed E-state index contributed by atoms with van der Waals surface area (Å²) in [4.78, 5) is 0. The van der Waals surface area contributed by atoms with E-state index in [2.05, 4.69) is 10.7 Å². The monoisotopic (exact) mass is 113 g/mol. The highest BCUT2D eigenvalue weighted by Crippen LogP contribution is 2.09. The van der Waals surface area contributed by atoms with E-state index in [1.807, 2.05) is 18.5 Å². The summed E-state index contributed by atoms with van der Waals surface area (Å²) in [6.07, 6.45) is 0. The molecule has 0 aliphatic rings. The lowest BCUT2D eigenvalue weighted by Gasteiger charge is -1.86. The van der Waals surface area contributed by atoms with Gasteiger partial charge >= 0.3 is 0 Å². The van der Waals surface area contributed by atoms with Crippen LogP contribution >= 0.6 is 11.3 Å². The van der Waals surface area contributed by atoms with Gasteiger partial charge in [0, 0.05) is 18.1 Å². The molecule has 1 aromatic rings. The molecule has 0 bridgehead atoms. The molecule has 0 atom stereocenters. The number of anilines is 1. The molecule has 0 radical (unpaired) electrons. The Morgan fingerprint density at radius 1 is 1.71 bits per heavy atom. The van der Waals surface area contributed by atoms with Crippen LogP contribution in [0.4, 0.5) is 5.69 Å². The second-order valence-electron chi connectivity index (χ2n) is 1.26. The molecule has 1 N–H and O–H groups in total. The minimum absolute atomic E-state index is 1.20. The Morgan fingerprint density at radius 2 is 2.57 bits per heavy atom. The van der Waals surface area contributed by atoms with E-state index in [4.69, 9.17) is 0 Å².